The summed E-state index contributed by atoms with van der Waals surface area (Å²) in [6.45, 7) is -1.35. The highest BCUT2D eigenvalue weighted by Gasteiger charge is 2.44. The highest BCUT2D eigenvalue weighted by molar-refractivity contribution is 7.91. The van der Waals surface area contributed by atoms with Crippen LogP contribution in [0.3, 0.4) is 0 Å². The van der Waals surface area contributed by atoms with Gasteiger partial charge in [-0.3, -0.25) is 5.32 Å². The fraction of sp³-hybridized carbons (Fsp3) is 0.417. The fourth-order valence-corrected chi connectivity index (χ4v) is 3.87. The highest BCUT2D eigenvalue weighted by Crippen LogP contribution is 2.37. The summed E-state index contributed by atoms with van der Waals surface area (Å²) in [4.78, 5) is -0.0810. The highest BCUT2D eigenvalue weighted by atomic mass is 32.2. The first-order chi connectivity index (χ1) is 9.20. The zero-order valence-electron chi connectivity index (χ0n) is 10.2. The molecule has 0 fully saturated rings. The maximum Gasteiger partial charge on any atom is 0.401 e. The summed E-state index contributed by atoms with van der Waals surface area (Å²) in [7, 11) is -3.55. The molecule has 4 nitrogen and oxygen atoms in total. The predicted octanol–water partition coefficient (Wildman–Crippen LogP) is 1.73. The molecule has 0 spiro atoms. The Morgan fingerprint density at radius 1 is 1.35 bits per heavy atom. The number of nitrogens with one attached hydrogen (secondary N) is 1. The molecule has 20 heavy (non-hydrogen) atoms. The molecule has 108 valence electrons. The molecule has 1 aromatic rings. The van der Waals surface area contributed by atoms with E-state index in [1.165, 1.54) is 24.3 Å². The van der Waals surface area contributed by atoms with Gasteiger partial charge in [-0.25, -0.2) is 8.42 Å². The number of nitrogens with zero attached hydrogens (tertiary/aromatic N) is 1. The standard InChI is InChI=1S/C12H11F3N2O2S/c13-12(14,15)8-17-11(7-16)5-6-20(18,19)10-4-2-1-3-9(10)11/h1-4,17H,5-6,8H2. The number of nitriles is 1. The van der Waals surface area contributed by atoms with Gasteiger partial charge in [0.05, 0.1) is 23.3 Å². The van der Waals surface area contributed by atoms with E-state index in [1.807, 2.05) is 6.07 Å². The summed E-state index contributed by atoms with van der Waals surface area (Å²) >= 11 is 0. The van der Waals surface area contributed by atoms with Crippen molar-refractivity contribution in [1.29, 1.82) is 5.26 Å². The third-order valence-corrected chi connectivity index (χ3v) is 4.98. The van der Waals surface area contributed by atoms with Gasteiger partial charge in [-0.15, -0.1) is 0 Å². The van der Waals surface area contributed by atoms with Gasteiger partial charge in [0.1, 0.15) is 5.54 Å². The molecule has 1 aromatic carbocycles. The molecule has 1 unspecified atom stereocenters. The van der Waals surface area contributed by atoms with E-state index in [4.69, 9.17) is 0 Å². The number of sulfone groups is 1. The largest absolute Gasteiger partial charge is 0.401 e. The van der Waals surface area contributed by atoms with E-state index < -0.39 is 28.1 Å². The average molecular weight is 304 g/mol. The second-order valence-electron chi connectivity index (χ2n) is 4.55. The molecule has 1 N–H and O–H groups in total. The number of hydrogen-bond donors (Lipinski definition) is 1. The Kier molecular flexibility index (Phi) is 3.52. The van der Waals surface area contributed by atoms with Crippen LogP contribution >= 0.6 is 0 Å². The minimum atomic E-state index is -4.48. The van der Waals surface area contributed by atoms with Crippen molar-refractivity contribution >= 4 is 9.84 Å². The second-order valence-corrected chi connectivity index (χ2v) is 6.63. The summed E-state index contributed by atoms with van der Waals surface area (Å²) in [6.07, 6.45) is -4.69. The van der Waals surface area contributed by atoms with Crippen LogP contribution in [-0.2, 0) is 15.4 Å². The summed E-state index contributed by atoms with van der Waals surface area (Å²) < 4.78 is 60.9. The third-order valence-electron chi connectivity index (χ3n) is 3.21. The van der Waals surface area contributed by atoms with Gasteiger partial charge in [0.15, 0.2) is 9.84 Å². The quantitative estimate of drug-likeness (QED) is 0.903. The van der Waals surface area contributed by atoms with E-state index in [1.54, 1.807) is 0 Å². The van der Waals surface area contributed by atoms with Crippen LogP contribution < -0.4 is 5.32 Å². The molecule has 0 amide bonds. The van der Waals surface area contributed by atoms with E-state index in [0.29, 0.717) is 0 Å². The number of fused-ring (bicyclic) bond motifs is 1. The molecule has 1 aliphatic heterocycles. The molecule has 0 aromatic heterocycles. The monoisotopic (exact) mass is 304 g/mol. The first-order valence-corrected chi connectivity index (χ1v) is 7.41. The molecule has 0 radical (unpaired) electrons. The minimum Gasteiger partial charge on any atom is -0.287 e. The van der Waals surface area contributed by atoms with Crippen LogP contribution in [0.1, 0.15) is 12.0 Å². The minimum absolute atomic E-state index is 0.0810. The lowest BCUT2D eigenvalue weighted by Gasteiger charge is -2.34. The Bertz CT molecular complexity index is 664. The average Bonchev–Trinajstić information content (AvgIpc) is 2.38. The summed E-state index contributed by atoms with van der Waals surface area (Å²) in [5.41, 5.74) is -1.55. The van der Waals surface area contributed by atoms with E-state index in [2.05, 4.69) is 5.32 Å². The van der Waals surface area contributed by atoms with Crippen molar-refractivity contribution in [2.24, 2.45) is 0 Å². The van der Waals surface area contributed by atoms with Gasteiger partial charge < -0.3 is 0 Å². The predicted molar refractivity (Wildman–Crippen MR) is 64.5 cm³/mol. The molecule has 2 rings (SSSR count). The lowest BCUT2D eigenvalue weighted by atomic mass is 9.88. The lowest BCUT2D eigenvalue weighted by molar-refractivity contribution is -0.128. The van der Waals surface area contributed by atoms with Gasteiger partial charge in [-0.1, -0.05) is 18.2 Å². The van der Waals surface area contributed by atoms with Crippen molar-refractivity contribution in [1.82, 2.24) is 5.32 Å². The molecule has 1 atom stereocenters. The maximum absolute atomic E-state index is 12.4. The topological polar surface area (TPSA) is 70.0 Å². The molecule has 1 aliphatic rings. The first-order valence-electron chi connectivity index (χ1n) is 5.75. The molecular weight excluding hydrogens is 293 g/mol. The van der Waals surface area contributed by atoms with Crippen LogP contribution in [0, 0.1) is 11.3 Å². The Morgan fingerprint density at radius 3 is 2.60 bits per heavy atom. The van der Waals surface area contributed by atoms with Gasteiger partial charge in [-0.2, -0.15) is 18.4 Å². The molecule has 8 heteroatoms. The molecule has 0 saturated heterocycles. The van der Waals surface area contributed by atoms with Gasteiger partial charge in [0.25, 0.3) is 0 Å². The molecule has 0 saturated carbocycles. The van der Waals surface area contributed by atoms with Crippen molar-refractivity contribution in [3.05, 3.63) is 29.8 Å². The zero-order valence-corrected chi connectivity index (χ0v) is 11.1. The number of alkyl halides is 3. The van der Waals surface area contributed by atoms with Crippen LogP contribution in [0.5, 0.6) is 0 Å². The van der Waals surface area contributed by atoms with E-state index in [9.17, 15) is 26.9 Å². The van der Waals surface area contributed by atoms with Crippen molar-refractivity contribution in [3.63, 3.8) is 0 Å². The molecule has 0 bridgehead atoms. The number of rotatable bonds is 2. The van der Waals surface area contributed by atoms with Crippen LogP contribution in [0.15, 0.2) is 29.2 Å². The van der Waals surface area contributed by atoms with Crippen molar-refractivity contribution in [2.75, 3.05) is 12.3 Å². The van der Waals surface area contributed by atoms with E-state index in [-0.39, 0.29) is 22.6 Å². The van der Waals surface area contributed by atoms with Gasteiger partial charge in [0, 0.05) is 5.56 Å². The SMILES string of the molecule is N#CC1(NCC(F)(F)F)CCS(=O)(=O)c2ccccc21. The number of hydrogen-bond acceptors (Lipinski definition) is 4. The van der Waals surface area contributed by atoms with Crippen molar-refractivity contribution in [2.45, 2.75) is 23.0 Å². The number of halogens is 3. The second kappa shape index (κ2) is 4.75. The smallest absolute Gasteiger partial charge is 0.287 e. The molecular formula is C12H11F3N2O2S. The van der Waals surface area contributed by atoms with E-state index >= 15 is 0 Å². The summed E-state index contributed by atoms with van der Waals surface area (Å²) in [6, 6.07) is 7.47. The first kappa shape index (κ1) is 14.8. The van der Waals surface area contributed by atoms with Crippen LogP contribution in [0.4, 0.5) is 13.2 Å². The summed E-state index contributed by atoms with van der Waals surface area (Å²) in [5.74, 6) is -0.359. The Hall–Kier alpha value is -1.59. The molecule has 0 aliphatic carbocycles. The van der Waals surface area contributed by atoms with Crippen molar-refractivity contribution < 1.29 is 21.6 Å². The van der Waals surface area contributed by atoms with Gasteiger partial charge in [0.2, 0.25) is 0 Å². The Morgan fingerprint density at radius 2 is 2.00 bits per heavy atom. The van der Waals surface area contributed by atoms with Crippen molar-refractivity contribution in [3.8, 4) is 6.07 Å². The third kappa shape index (κ3) is 2.64. The Labute approximate surface area is 114 Å². The van der Waals surface area contributed by atoms with Gasteiger partial charge in [-0.05, 0) is 12.5 Å². The van der Waals surface area contributed by atoms with E-state index in [0.717, 1.165) is 0 Å². The summed E-state index contributed by atoms with van der Waals surface area (Å²) in [5, 5.41) is 11.4. The van der Waals surface area contributed by atoms with Crippen LogP contribution in [0.25, 0.3) is 0 Å². The Balaban J connectivity index is 2.49. The lowest BCUT2D eigenvalue weighted by Crippen LogP contribution is -2.49. The zero-order chi connectivity index (χ0) is 15.0. The number of benzene rings is 1. The maximum atomic E-state index is 12.4. The fourth-order valence-electron chi connectivity index (χ4n) is 2.21. The normalized spacial score (nSPS) is 24.7. The van der Waals surface area contributed by atoms with Gasteiger partial charge >= 0.3 is 6.18 Å². The van der Waals surface area contributed by atoms with Crippen LogP contribution in [0.2, 0.25) is 0 Å². The van der Waals surface area contributed by atoms with Crippen LogP contribution in [-0.4, -0.2) is 26.9 Å². The molecule has 1 heterocycles.